The highest BCUT2D eigenvalue weighted by Gasteiger charge is 2.60. The second-order valence-electron chi connectivity index (χ2n) is 9.14. The summed E-state index contributed by atoms with van der Waals surface area (Å²) in [6.45, 7) is 7.10. The van der Waals surface area contributed by atoms with Gasteiger partial charge in [0, 0.05) is 11.8 Å². The molecule has 4 aliphatic carbocycles. The van der Waals surface area contributed by atoms with E-state index in [1.54, 1.807) is 0 Å². The molecular weight excluding hydrogens is 272 g/mol. The molecule has 2 nitrogen and oxygen atoms in total. The minimum absolute atomic E-state index is 0.0452. The lowest BCUT2D eigenvalue weighted by atomic mass is 9.45. The van der Waals surface area contributed by atoms with Crippen LogP contribution in [-0.2, 0) is 4.79 Å². The van der Waals surface area contributed by atoms with Crippen molar-refractivity contribution >= 4 is 5.78 Å². The number of aliphatic hydroxyl groups is 1. The quantitative estimate of drug-likeness (QED) is 0.683. The molecule has 0 saturated heterocycles. The van der Waals surface area contributed by atoms with E-state index >= 15 is 0 Å². The van der Waals surface area contributed by atoms with E-state index in [0.29, 0.717) is 29.5 Å². The lowest BCUT2D eigenvalue weighted by Gasteiger charge is -2.59. The zero-order chi connectivity index (χ0) is 15.7. The third-order valence-corrected chi connectivity index (χ3v) is 8.03. The Bertz CT molecular complexity index is 536. The molecule has 0 bridgehead atoms. The number of hydrogen-bond acceptors (Lipinski definition) is 2. The number of ketones is 1. The van der Waals surface area contributed by atoms with Crippen molar-refractivity contribution in [3.05, 3.63) is 11.6 Å². The van der Waals surface area contributed by atoms with Crippen molar-refractivity contribution < 1.29 is 9.90 Å². The topological polar surface area (TPSA) is 37.3 Å². The van der Waals surface area contributed by atoms with Gasteiger partial charge in [-0.2, -0.15) is 0 Å². The number of carbonyl (C=O) groups excluding carboxylic acids is 1. The van der Waals surface area contributed by atoms with E-state index in [0.717, 1.165) is 44.9 Å². The molecule has 7 atom stereocenters. The average molecular weight is 302 g/mol. The number of fused-ring (bicyclic) bond motifs is 5. The molecule has 22 heavy (non-hydrogen) atoms. The largest absolute Gasteiger partial charge is 0.393 e. The van der Waals surface area contributed by atoms with Gasteiger partial charge in [0.25, 0.3) is 0 Å². The van der Waals surface area contributed by atoms with Crippen molar-refractivity contribution in [1.82, 2.24) is 0 Å². The van der Waals surface area contributed by atoms with Crippen LogP contribution in [0.3, 0.4) is 0 Å². The fourth-order valence-corrected chi connectivity index (χ4v) is 7.12. The second kappa shape index (κ2) is 4.69. The van der Waals surface area contributed by atoms with Crippen molar-refractivity contribution in [3.63, 3.8) is 0 Å². The van der Waals surface area contributed by atoms with Crippen molar-refractivity contribution in [2.45, 2.75) is 71.8 Å². The molecule has 0 aliphatic heterocycles. The molecule has 4 aliphatic rings. The predicted molar refractivity (Wildman–Crippen MR) is 87.3 cm³/mol. The van der Waals surface area contributed by atoms with Crippen LogP contribution in [0.25, 0.3) is 0 Å². The Balaban J connectivity index is 1.74. The van der Waals surface area contributed by atoms with Crippen LogP contribution >= 0.6 is 0 Å². The Hall–Kier alpha value is -0.630. The first-order valence-corrected chi connectivity index (χ1v) is 9.27. The lowest BCUT2D eigenvalue weighted by molar-refractivity contribution is -0.135. The molecule has 3 saturated carbocycles. The molecule has 0 aromatic rings. The zero-order valence-corrected chi connectivity index (χ0v) is 14.3. The van der Waals surface area contributed by atoms with Gasteiger partial charge >= 0.3 is 0 Å². The summed E-state index contributed by atoms with van der Waals surface area (Å²) in [5, 5.41) is 10.1. The highest BCUT2D eigenvalue weighted by atomic mass is 16.3. The smallest absolute Gasteiger partial charge is 0.139 e. The number of allylic oxidation sites excluding steroid dienone is 1. The van der Waals surface area contributed by atoms with Gasteiger partial charge in [0.15, 0.2) is 0 Å². The Morgan fingerprint density at radius 2 is 2.00 bits per heavy atom. The van der Waals surface area contributed by atoms with Crippen LogP contribution < -0.4 is 0 Å². The van der Waals surface area contributed by atoms with E-state index < -0.39 is 0 Å². The van der Waals surface area contributed by atoms with Crippen LogP contribution in [-0.4, -0.2) is 17.0 Å². The third-order valence-electron chi connectivity index (χ3n) is 8.03. The van der Waals surface area contributed by atoms with E-state index in [1.165, 1.54) is 5.57 Å². The van der Waals surface area contributed by atoms with Crippen LogP contribution in [0.15, 0.2) is 11.6 Å². The molecule has 1 N–H and O–H groups in total. The molecule has 122 valence electrons. The van der Waals surface area contributed by atoms with E-state index in [2.05, 4.69) is 26.8 Å². The number of Topliss-reactive ketones (excluding diaryl/α,β-unsaturated/α-hetero) is 1. The zero-order valence-electron chi connectivity index (χ0n) is 14.3. The van der Waals surface area contributed by atoms with E-state index in [1.807, 2.05) is 0 Å². The summed E-state index contributed by atoms with van der Waals surface area (Å²) >= 11 is 0. The number of rotatable bonds is 0. The summed E-state index contributed by atoms with van der Waals surface area (Å²) in [5.41, 5.74) is 1.75. The van der Waals surface area contributed by atoms with Gasteiger partial charge in [-0.1, -0.05) is 32.4 Å². The standard InChI is InChI=1S/C20H30O2/c1-12-11-20(3)16(6-7-17(20)22)15-5-4-13-10-14(21)8-9-19(13,2)18(12)15/h4,12,14-16,18,21H,5-11H2,1-3H3/t12-,14-,15?,16?,18?,19-,20-/m0/s1. The molecule has 0 heterocycles. The van der Waals surface area contributed by atoms with Gasteiger partial charge in [0.2, 0.25) is 0 Å². The average Bonchev–Trinajstić information content (AvgIpc) is 2.75. The summed E-state index contributed by atoms with van der Waals surface area (Å²) in [6.07, 6.45) is 9.43. The SMILES string of the molecule is C[C@H]1C[C@]2(C)C(=O)CCC2C2CC=C3C[C@@H](O)CC[C@]3(C)C21. The molecular formula is C20H30O2. The minimum Gasteiger partial charge on any atom is -0.393 e. The van der Waals surface area contributed by atoms with Crippen LogP contribution in [0.2, 0.25) is 0 Å². The first kappa shape index (κ1) is 14.9. The number of carbonyl (C=O) groups is 1. The molecule has 4 rings (SSSR count). The Labute approximate surface area is 134 Å². The van der Waals surface area contributed by atoms with E-state index in [9.17, 15) is 9.90 Å². The summed E-state index contributed by atoms with van der Waals surface area (Å²) < 4.78 is 0. The molecule has 0 spiro atoms. The Morgan fingerprint density at radius 1 is 1.23 bits per heavy atom. The maximum absolute atomic E-state index is 12.5. The molecule has 3 fully saturated rings. The first-order chi connectivity index (χ1) is 10.4. The van der Waals surface area contributed by atoms with Crippen LogP contribution in [0.5, 0.6) is 0 Å². The van der Waals surface area contributed by atoms with E-state index in [4.69, 9.17) is 0 Å². The first-order valence-electron chi connectivity index (χ1n) is 9.27. The lowest BCUT2D eigenvalue weighted by Crippen LogP contribution is -2.53. The van der Waals surface area contributed by atoms with Gasteiger partial charge < -0.3 is 5.11 Å². The Kier molecular flexibility index (Phi) is 3.18. The van der Waals surface area contributed by atoms with Crippen molar-refractivity contribution in [2.24, 2.45) is 34.5 Å². The van der Waals surface area contributed by atoms with Gasteiger partial charge in [-0.15, -0.1) is 0 Å². The van der Waals surface area contributed by atoms with Gasteiger partial charge in [-0.05, 0) is 67.6 Å². The fourth-order valence-electron chi connectivity index (χ4n) is 7.12. The Morgan fingerprint density at radius 3 is 2.77 bits per heavy atom. The monoisotopic (exact) mass is 302 g/mol. The highest BCUT2D eigenvalue weighted by molar-refractivity contribution is 5.87. The summed E-state index contributed by atoms with van der Waals surface area (Å²) in [6, 6.07) is 0. The van der Waals surface area contributed by atoms with Gasteiger partial charge in [0.05, 0.1) is 6.10 Å². The van der Waals surface area contributed by atoms with Crippen molar-refractivity contribution in [3.8, 4) is 0 Å². The predicted octanol–water partition coefficient (Wildman–Crippen LogP) is 4.13. The summed E-state index contributed by atoms with van der Waals surface area (Å²) in [5.74, 6) is 3.15. The molecule has 0 aromatic heterocycles. The van der Waals surface area contributed by atoms with Crippen LogP contribution in [0, 0.1) is 34.5 Å². The van der Waals surface area contributed by atoms with Gasteiger partial charge in [-0.3, -0.25) is 4.79 Å². The van der Waals surface area contributed by atoms with Gasteiger partial charge in [0.1, 0.15) is 5.78 Å². The second-order valence-corrected chi connectivity index (χ2v) is 9.14. The van der Waals surface area contributed by atoms with Crippen LogP contribution in [0.1, 0.15) is 65.7 Å². The highest BCUT2D eigenvalue weighted by Crippen LogP contribution is 2.65. The number of hydrogen-bond donors (Lipinski definition) is 1. The van der Waals surface area contributed by atoms with E-state index in [-0.39, 0.29) is 16.9 Å². The molecule has 0 radical (unpaired) electrons. The fraction of sp³-hybridized carbons (Fsp3) is 0.850. The van der Waals surface area contributed by atoms with Crippen molar-refractivity contribution in [2.75, 3.05) is 0 Å². The molecule has 3 unspecified atom stereocenters. The maximum atomic E-state index is 12.5. The van der Waals surface area contributed by atoms with Crippen LogP contribution in [0.4, 0.5) is 0 Å². The number of aliphatic hydroxyl groups excluding tert-OH is 1. The minimum atomic E-state index is -0.131. The van der Waals surface area contributed by atoms with Crippen molar-refractivity contribution in [1.29, 1.82) is 0 Å². The summed E-state index contributed by atoms with van der Waals surface area (Å²) in [4.78, 5) is 12.5. The summed E-state index contributed by atoms with van der Waals surface area (Å²) in [7, 11) is 0. The third kappa shape index (κ3) is 1.79. The molecule has 2 heteroatoms. The van der Waals surface area contributed by atoms with Gasteiger partial charge in [-0.25, -0.2) is 0 Å². The normalized spacial score (nSPS) is 54.3. The maximum Gasteiger partial charge on any atom is 0.139 e. The molecule has 0 amide bonds. The molecule has 0 aromatic carbocycles.